The van der Waals surface area contributed by atoms with Gasteiger partial charge in [0.05, 0.1) is 0 Å². The molecule has 1 N–H and O–H groups in total. The lowest BCUT2D eigenvalue weighted by Crippen LogP contribution is -2.46. The Morgan fingerprint density at radius 2 is 1.94 bits per heavy atom. The van der Waals surface area contributed by atoms with Crippen molar-refractivity contribution in [2.45, 2.75) is 33.2 Å². The SMILES string of the molecule is CCN1CCN(c2nc3ncn(CC(=O)Nc4ccccc4C(C)C)c(=O)c3s2)CC1. The molecule has 0 saturated carbocycles. The summed E-state index contributed by atoms with van der Waals surface area (Å²) in [6.07, 6.45) is 1.41. The Balaban J connectivity index is 1.51. The molecule has 2 aromatic heterocycles. The molecule has 31 heavy (non-hydrogen) atoms. The molecular weight excluding hydrogens is 412 g/mol. The van der Waals surface area contributed by atoms with Crippen LogP contribution in [0.25, 0.3) is 10.3 Å². The lowest BCUT2D eigenvalue weighted by atomic mass is 10.0. The summed E-state index contributed by atoms with van der Waals surface area (Å²) in [7, 11) is 0. The van der Waals surface area contributed by atoms with Gasteiger partial charge < -0.3 is 15.1 Å². The number of anilines is 2. The first kappa shape index (κ1) is 21.5. The first-order valence-electron chi connectivity index (χ1n) is 10.7. The van der Waals surface area contributed by atoms with Crippen molar-refractivity contribution in [1.82, 2.24) is 19.4 Å². The Morgan fingerprint density at radius 3 is 2.65 bits per heavy atom. The third-order valence-electron chi connectivity index (χ3n) is 5.63. The second-order valence-electron chi connectivity index (χ2n) is 8.04. The minimum Gasteiger partial charge on any atom is -0.345 e. The molecule has 1 aliphatic rings. The second kappa shape index (κ2) is 9.15. The summed E-state index contributed by atoms with van der Waals surface area (Å²) in [5, 5.41) is 3.75. The normalized spacial score (nSPS) is 15.0. The van der Waals surface area contributed by atoms with Crippen LogP contribution in [0.2, 0.25) is 0 Å². The quantitative estimate of drug-likeness (QED) is 0.635. The van der Waals surface area contributed by atoms with Crippen LogP contribution < -0.4 is 15.8 Å². The number of carbonyl (C=O) groups is 1. The molecule has 0 atom stereocenters. The summed E-state index contributed by atoms with van der Waals surface area (Å²) in [4.78, 5) is 39.1. The molecule has 1 fully saturated rings. The van der Waals surface area contributed by atoms with Crippen LogP contribution in [-0.2, 0) is 11.3 Å². The number of thiazole rings is 1. The predicted molar refractivity (Wildman–Crippen MR) is 125 cm³/mol. The monoisotopic (exact) mass is 440 g/mol. The van der Waals surface area contributed by atoms with Crippen LogP contribution in [0.3, 0.4) is 0 Å². The highest BCUT2D eigenvalue weighted by atomic mass is 32.1. The first-order chi connectivity index (χ1) is 15.0. The van der Waals surface area contributed by atoms with Crippen LogP contribution in [0.5, 0.6) is 0 Å². The van der Waals surface area contributed by atoms with Gasteiger partial charge in [-0.05, 0) is 24.1 Å². The van der Waals surface area contributed by atoms with Crippen LogP contribution in [-0.4, -0.2) is 58.1 Å². The van der Waals surface area contributed by atoms with E-state index in [0.717, 1.165) is 49.1 Å². The third kappa shape index (κ3) is 4.62. The van der Waals surface area contributed by atoms with Gasteiger partial charge in [-0.15, -0.1) is 0 Å². The predicted octanol–water partition coefficient (Wildman–Crippen LogP) is 2.76. The van der Waals surface area contributed by atoms with Gasteiger partial charge in [-0.1, -0.05) is 50.3 Å². The van der Waals surface area contributed by atoms with Crippen molar-refractivity contribution in [3.8, 4) is 0 Å². The molecule has 3 aromatic rings. The van der Waals surface area contributed by atoms with Gasteiger partial charge in [-0.3, -0.25) is 14.2 Å². The molecule has 0 spiro atoms. The van der Waals surface area contributed by atoms with E-state index in [9.17, 15) is 9.59 Å². The van der Waals surface area contributed by atoms with E-state index in [4.69, 9.17) is 0 Å². The zero-order valence-corrected chi connectivity index (χ0v) is 19.0. The molecule has 8 nitrogen and oxygen atoms in total. The van der Waals surface area contributed by atoms with E-state index < -0.39 is 0 Å². The number of rotatable bonds is 6. The van der Waals surface area contributed by atoms with E-state index in [0.29, 0.717) is 10.3 Å². The van der Waals surface area contributed by atoms with Gasteiger partial charge in [0.25, 0.3) is 5.56 Å². The largest absolute Gasteiger partial charge is 0.345 e. The highest BCUT2D eigenvalue weighted by molar-refractivity contribution is 7.22. The molecule has 1 aliphatic heterocycles. The number of hydrogen-bond acceptors (Lipinski definition) is 7. The van der Waals surface area contributed by atoms with E-state index in [2.05, 4.69) is 45.9 Å². The van der Waals surface area contributed by atoms with Crippen molar-refractivity contribution >= 4 is 38.4 Å². The minimum absolute atomic E-state index is 0.0867. The minimum atomic E-state index is -0.253. The van der Waals surface area contributed by atoms with Crippen LogP contribution in [0.1, 0.15) is 32.3 Å². The number of likely N-dealkylation sites (N-methyl/N-ethyl adjacent to an activating group) is 1. The van der Waals surface area contributed by atoms with Crippen molar-refractivity contribution in [2.24, 2.45) is 0 Å². The van der Waals surface area contributed by atoms with Gasteiger partial charge in [0.2, 0.25) is 5.91 Å². The number of hydrogen-bond donors (Lipinski definition) is 1. The third-order valence-corrected chi connectivity index (χ3v) is 6.73. The van der Waals surface area contributed by atoms with E-state index in [1.807, 2.05) is 24.3 Å². The van der Waals surface area contributed by atoms with Crippen molar-refractivity contribution < 1.29 is 4.79 Å². The van der Waals surface area contributed by atoms with Crippen LogP contribution in [0.4, 0.5) is 10.8 Å². The first-order valence-corrected chi connectivity index (χ1v) is 11.5. The van der Waals surface area contributed by atoms with Crippen LogP contribution in [0, 0.1) is 0 Å². The topological polar surface area (TPSA) is 83.4 Å². The Bertz CT molecular complexity index is 1130. The van der Waals surface area contributed by atoms with Gasteiger partial charge in [0.15, 0.2) is 10.8 Å². The van der Waals surface area contributed by atoms with E-state index in [-0.39, 0.29) is 23.9 Å². The molecule has 1 saturated heterocycles. The Kier molecular flexibility index (Phi) is 6.33. The zero-order chi connectivity index (χ0) is 22.0. The number of amides is 1. The number of piperazine rings is 1. The van der Waals surface area contributed by atoms with Crippen LogP contribution >= 0.6 is 11.3 Å². The summed E-state index contributed by atoms with van der Waals surface area (Å²) >= 11 is 1.36. The van der Waals surface area contributed by atoms with Crippen molar-refractivity contribution in [1.29, 1.82) is 0 Å². The van der Waals surface area contributed by atoms with E-state index >= 15 is 0 Å². The average molecular weight is 441 g/mol. The van der Waals surface area contributed by atoms with E-state index in [1.165, 1.54) is 22.2 Å². The van der Waals surface area contributed by atoms with Gasteiger partial charge in [-0.25, -0.2) is 4.98 Å². The van der Waals surface area contributed by atoms with Gasteiger partial charge in [0, 0.05) is 31.9 Å². The van der Waals surface area contributed by atoms with Gasteiger partial charge in [-0.2, -0.15) is 4.98 Å². The Morgan fingerprint density at radius 1 is 1.19 bits per heavy atom. The molecule has 1 amide bonds. The average Bonchev–Trinajstić information content (AvgIpc) is 3.21. The summed E-state index contributed by atoms with van der Waals surface area (Å²) in [6, 6.07) is 7.72. The molecule has 0 radical (unpaired) electrons. The lowest BCUT2D eigenvalue weighted by molar-refractivity contribution is -0.116. The highest BCUT2D eigenvalue weighted by Gasteiger charge is 2.21. The summed E-state index contributed by atoms with van der Waals surface area (Å²) in [5.41, 5.74) is 2.06. The number of nitrogens with zero attached hydrogens (tertiary/aromatic N) is 5. The van der Waals surface area contributed by atoms with Gasteiger partial charge in [0.1, 0.15) is 17.6 Å². The molecule has 0 bridgehead atoms. The Hall–Kier alpha value is -2.78. The molecule has 0 aliphatic carbocycles. The van der Waals surface area contributed by atoms with E-state index in [1.54, 1.807) is 0 Å². The second-order valence-corrected chi connectivity index (χ2v) is 9.02. The smallest absolute Gasteiger partial charge is 0.273 e. The number of fused-ring (bicyclic) bond motifs is 1. The number of carbonyl (C=O) groups excluding carboxylic acids is 1. The highest BCUT2D eigenvalue weighted by Crippen LogP contribution is 2.26. The zero-order valence-electron chi connectivity index (χ0n) is 18.2. The van der Waals surface area contributed by atoms with Crippen molar-refractivity contribution in [3.63, 3.8) is 0 Å². The fourth-order valence-corrected chi connectivity index (χ4v) is 4.82. The van der Waals surface area contributed by atoms with Crippen molar-refractivity contribution in [2.75, 3.05) is 42.9 Å². The Labute approximate surface area is 185 Å². The number of aromatic nitrogens is 3. The maximum absolute atomic E-state index is 13.0. The summed E-state index contributed by atoms with van der Waals surface area (Å²) < 4.78 is 1.85. The summed E-state index contributed by atoms with van der Waals surface area (Å²) in [6.45, 7) is 11.0. The molecule has 3 heterocycles. The molecule has 0 unspecified atom stereocenters. The number of para-hydroxylation sites is 1. The maximum atomic E-state index is 13.0. The summed E-state index contributed by atoms with van der Waals surface area (Å²) in [5.74, 6) is 0.0313. The number of nitrogens with one attached hydrogen (secondary N) is 1. The lowest BCUT2D eigenvalue weighted by Gasteiger charge is -2.33. The molecule has 1 aromatic carbocycles. The molecular formula is C22H28N6O2S. The molecule has 4 rings (SSSR count). The fourth-order valence-electron chi connectivity index (χ4n) is 3.80. The van der Waals surface area contributed by atoms with Gasteiger partial charge >= 0.3 is 0 Å². The standard InChI is InChI=1S/C22H28N6O2S/c1-4-26-9-11-27(12-10-26)22-25-20-19(31-22)21(30)28(14-23-20)13-18(29)24-17-8-6-5-7-16(17)15(2)3/h5-8,14-15H,4,9-13H2,1-3H3,(H,24,29). The number of benzene rings is 1. The van der Waals surface area contributed by atoms with Crippen molar-refractivity contribution in [3.05, 3.63) is 46.5 Å². The fraction of sp³-hybridized carbons (Fsp3) is 0.455. The maximum Gasteiger partial charge on any atom is 0.273 e. The molecule has 164 valence electrons. The van der Waals surface area contributed by atoms with Crippen LogP contribution in [0.15, 0.2) is 35.4 Å². The molecule has 9 heteroatoms.